The molecule has 4 nitrogen and oxygen atoms in total. The Labute approximate surface area is 191 Å². The summed E-state index contributed by atoms with van der Waals surface area (Å²) in [5.74, 6) is 2.30. The molecule has 2 rings (SSSR count). The summed E-state index contributed by atoms with van der Waals surface area (Å²) in [6, 6.07) is 5.01. The molecule has 1 fully saturated rings. The van der Waals surface area contributed by atoms with E-state index in [1.54, 1.807) is 17.8 Å². The van der Waals surface area contributed by atoms with Crippen molar-refractivity contribution in [1.29, 1.82) is 0 Å². The average Bonchev–Trinajstić information content (AvgIpc) is 2.68. The van der Waals surface area contributed by atoms with Gasteiger partial charge in [-0.05, 0) is 81.3 Å². The summed E-state index contributed by atoms with van der Waals surface area (Å²) in [5, 5.41) is 6.79. The fourth-order valence-electron chi connectivity index (χ4n) is 3.53. The van der Waals surface area contributed by atoms with Gasteiger partial charge in [0.15, 0.2) is 5.96 Å². The first-order chi connectivity index (χ1) is 13.2. The average molecular weight is 523 g/mol. The van der Waals surface area contributed by atoms with Gasteiger partial charge >= 0.3 is 0 Å². The number of guanidine groups is 1. The van der Waals surface area contributed by atoms with E-state index in [1.165, 1.54) is 45.0 Å². The minimum atomic E-state index is -0.175. The van der Waals surface area contributed by atoms with E-state index < -0.39 is 0 Å². The summed E-state index contributed by atoms with van der Waals surface area (Å²) in [4.78, 5) is 7.25. The SMILES string of the molecule is CCNC(=NCc1ccc(F)cc1CSC)NCCC1CCN(CC)CC1.I. The van der Waals surface area contributed by atoms with E-state index in [1.807, 2.05) is 12.3 Å². The van der Waals surface area contributed by atoms with Crippen LogP contribution in [0.3, 0.4) is 0 Å². The molecule has 0 aliphatic carbocycles. The van der Waals surface area contributed by atoms with Crippen molar-refractivity contribution in [3.63, 3.8) is 0 Å². The smallest absolute Gasteiger partial charge is 0.191 e. The Hall–Kier alpha value is -0.540. The lowest BCUT2D eigenvalue weighted by atomic mass is 9.93. The van der Waals surface area contributed by atoms with Gasteiger partial charge in [0.2, 0.25) is 0 Å². The largest absolute Gasteiger partial charge is 0.357 e. The van der Waals surface area contributed by atoms with Crippen molar-refractivity contribution in [2.45, 2.75) is 45.4 Å². The maximum Gasteiger partial charge on any atom is 0.191 e. The van der Waals surface area contributed by atoms with Crippen molar-refractivity contribution in [2.24, 2.45) is 10.9 Å². The summed E-state index contributed by atoms with van der Waals surface area (Å²) in [5.41, 5.74) is 2.12. The first-order valence-electron chi connectivity index (χ1n) is 10.2. The number of aliphatic imine (C=N–C) groups is 1. The predicted molar refractivity (Wildman–Crippen MR) is 131 cm³/mol. The second kappa shape index (κ2) is 14.4. The number of hydrogen-bond donors (Lipinski definition) is 2. The van der Waals surface area contributed by atoms with Gasteiger partial charge in [0.1, 0.15) is 5.82 Å². The van der Waals surface area contributed by atoms with Gasteiger partial charge in [-0.15, -0.1) is 24.0 Å². The zero-order chi connectivity index (χ0) is 19.5. The van der Waals surface area contributed by atoms with Crippen molar-refractivity contribution in [2.75, 3.05) is 39.0 Å². The van der Waals surface area contributed by atoms with Gasteiger partial charge in [-0.2, -0.15) is 11.8 Å². The first kappa shape index (κ1) is 25.5. The normalized spacial score (nSPS) is 15.9. The molecule has 0 aromatic heterocycles. The third kappa shape index (κ3) is 8.86. The van der Waals surface area contributed by atoms with E-state index in [-0.39, 0.29) is 29.8 Å². The topological polar surface area (TPSA) is 39.7 Å². The highest BCUT2D eigenvalue weighted by atomic mass is 127. The van der Waals surface area contributed by atoms with Crippen molar-refractivity contribution >= 4 is 41.7 Å². The van der Waals surface area contributed by atoms with Crippen molar-refractivity contribution in [3.8, 4) is 0 Å². The monoisotopic (exact) mass is 522 g/mol. The molecule has 2 N–H and O–H groups in total. The van der Waals surface area contributed by atoms with Crippen LogP contribution in [0.5, 0.6) is 0 Å². The number of piperidine rings is 1. The third-order valence-electron chi connectivity index (χ3n) is 5.22. The molecule has 0 atom stereocenters. The molecule has 7 heteroatoms. The molecule has 0 saturated carbocycles. The van der Waals surface area contributed by atoms with E-state index >= 15 is 0 Å². The van der Waals surface area contributed by atoms with E-state index in [2.05, 4.69) is 29.4 Å². The molecule has 1 aliphatic heterocycles. The number of halogens is 2. The Morgan fingerprint density at radius 1 is 1.21 bits per heavy atom. The highest BCUT2D eigenvalue weighted by molar-refractivity contribution is 14.0. The van der Waals surface area contributed by atoms with E-state index in [0.717, 1.165) is 41.8 Å². The van der Waals surface area contributed by atoms with Crippen LogP contribution in [0.4, 0.5) is 4.39 Å². The first-order valence-corrected chi connectivity index (χ1v) is 11.6. The van der Waals surface area contributed by atoms with Crippen molar-refractivity contribution in [1.82, 2.24) is 15.5 Å². The highest BCUT2D eigenvalue weighted by Gasteiger charge is 2.17. The fourth-order valence-corrected chi connectivity index (χ4v) is 4.11. The Morgan fingerprint density at radius 2 is 1.96 bits per heavy atom. The minimum Gasteiger partial charge on any atom is -0.357 e. The van der Waals surface area contributed by atoms with E-state index in [9.17, 15) is 4.39 Å². The number of nitrogens with zero attached hydrogens (tertiary/aromatic N) is 2. The Kier molecular flexibility index (Phi) is 13.2. The second-order valence-electron chi connectivity index (χ2n) is 7.13. The molecular formula is C21H36FIN4S. The lowest BCUT2D eigenvalue weighted by Gasteiger charge is -2.31. The molecule has 0 amide bonds. The zero-order valence-electron chi connectivity index (χ0n) is 17.5. The number of rotatable bonds is 9. The Balaban J connectivity index is 0.00000392. The van der Waals surface area contributed by atoms with Gasteiger partial charge < -0.3 is 15.5 Å². The van der Waals surface area contributed by atoms with Crippen LogP contribution >= 0.6 is 35.7 Å². The lowest BCUT2D eigenvalue weighted by Crippen LogP contribution is -2.39. The second-order valence-corrected chi connectivity index (χ2v) is 8.00. The minimum absolute atomic E-state index is 0. The number of hydrogen-bond acceptors (Lipinski definition) is 3. The summed E-state index contributed by atoms with van der Waals surface area (Å²) in [7, 11) is 0. The van der Waals surface area contributed by atoms with E-state index in [4.69, 9.17) is 4.99 Å². The number of benzene rings is 1. The molecule has 1 aromatic carbocycles. The van der Waals surface area contributed by atoms with Gasteiger partial charge in [0.25, 0.3) is 0 Å². The van der Waals surface area contributed by atoms with Crippen molar-refractivity contribution in [3.05, 3.63) is 35.1 Å². The molecule has 0 radical (unpaired) electrons. The Morgan fingerprint density at radius 3 is 2.61 bits per heavy atom. The fraction of sp³-hybridized carbons (Fsp3) is 0.667. The summed E-state index contributed by atoms with van der Waals surface area (Å²) < 4.78 is 13.5. The molecule has 28 heavy (non-hydrogen) atoms. The third-order valence-corrected chi connectivity index (χ3v) is 5.82. The molecule has 1 heterocycles. The van der Waals surface area contributed by atoms with Crippen LogP contribution in [0.25, 0.3) is 0 Å². The molecule has 0 spiro atoms. The Bertz CT molecular complexity index is 592. The van der Waals surface area contributed by atoms with Gasteiger partial charge in [0.05, 0.1) is 6.54 Å². The zero-order valence-corrected chi connectivity index (χ0v) is 20.6. The van der Waals surface area contributed by atoms with Crippen LogP contribution in [0.1, 0.15) is 44.2 Å². The van der Waals surface area contributed by atoms with Gasteiger partial charge in [-0.3, -0.25) is 0 Å². The van der Waals surface area contributed by atoms with Crippen LogP contribution in [0.2, 0.25) is 0 Å². The number of nitrogens with one attached hydrogen (secondary N) is 2. The summed E-state index contributed by atoms with van der Waals surface area (Å²) in [6.07, 6.45) is 5.83. The molecule has 0 unspecified atom stereocenters. The molecular weight excluding hydrogens is 486 g/mol. The molecule has 0 bridgehead atoms. The number of thioether (sulfide) groups is 1. The van der Waals surface area contributed by atoms with Crippen LogP contribution in [-0.4, -0.2) is 49.8 Å². The van der Waals surface area contributed by atoms with Crippen molar-refractivity contribution < 1.29 is 4.39 Å². The molecule has 1 aliphatic rings. The summed E-state index contributed by atoms with van der Waals surface area (Å²) >= 11 is 1.70. The van der Waals surface area contributed by atoms with Gasteiger partial charge in [0, 0.05) is 18.8 Å². The molecule has 1 aromatic rings. The van der Waals surface area contributed by atoms with Gasteiger partial charge in [-0.25, -0.2) is 9.38 Å². The highest BCUT2D eigenvalue weighted by Crippen LogP contribution is 2.20. The van der Waals surface area contributed by atoms with Crippen LogP contribution in [0.15, 0.2) is 23.2 Å². The number of likely N-dealkylation sites (tertiary alicyclic amines) is 1. The van der Waals surface area contributed by atoms with E-state index in [0.29, 0.717) is 6.54 Å². The maximum absolute atomic E-state index is 13.5. The lowest BCUT2D eigenvalue weighted by molar-refractivity contribution is 0.187. The molecule has 1 saturated heterocycles. The maximum atomic E-state index is 13.5. The molecule has 160 valence electrons. The van der Waals surface area contributed by atoms with Gasteiger partial charge in [-0.1, -0.05) is 13.0 Å². The standard InChI is InChI=1S/C21H35FN4S.HI/c1-4-23-21(24-11-8-17-9-12-26(5-2)13-10-17)25-15-18-6-7-20(22)14-19(18)16-27-3;/h6-7,14,17H,4-5,8-13,15-16H2,1-3H3,(H2,23,24,25);1H. The van der Waals surface area contributed by atoms with Crippen LogP contribution < -0.4 is 10.6 Å². The van der Waals surface area contributed by atoms with Crippen LogP contribution in [-0.2, 0) is 12.3 Å². The predicted octanol–water partition coefficient (Wildman–Crippen LogP) is 4.48. The quantitative estimate of drug-likeness (QED) is 0.285. The summed E-state index contributed by atoms with van der Waals surface area (Å²) in [6.45, 7) is 10.3. The van der Waals surface area contributed by atoms with Crippen LogP contribution in [0, 0.1) is 11.7 Å².